The molecule has 0 radical (unpaired) electrons. The Morgan fingerprint density at radius 3 is 3.04 bits per heavy atom. The predicted octanol–water partition coefficient (Wildman–Crippen LogP) is 3.80. The van der Waals surface area contributed by atoms with E-state index < -0.39 is 0 Å². The van der Waals surface area contributed by atoms with Crippen LogP contribution in [0.25, 0.3) is 11.5 Å². The van der Waals surface area contributed by atoms with Crippen molar-refractivity contribution in [3.8, 4) is 17.5 Å². The van der Waals surface area contributed by atoms with Crippen molar-refractivity contribution < 1.29 is 9.32 Å². The fraction of sp³-hybridized carbons (Fsp3) is 0.176. The molecule has 118 valence electrons. The van der Waals surface area contributed by atoms with Gasteiger partial charge in [0, 0.05) is 11.5 Å². The van der Waals surface area contributed by atoms with Crippen LogP contribution in [0.5, 0.6) is 0 Å². The van der Waals surface area contributed by atoms with Gasteiger partial charge in [0.25, 0.3) is 11.8 Å². The standard InChI is InChI=1S/C17H12N4O2S/c18-9-10-2-1-3-12(8-10)15(22)20-17-13(6-7-24-17)16-19-14(21-23-16)11-4-5-11/h1-3,6-8,11H,4-5H2,(H,20,22). The average Bonchev–Trinajstić information content (AvgIpc) is 3.17. The number of nitrogens with zero attached hydrogens (tertiary/aromatic N) is 3. The van der Waals surface area contributed by atoms with Crippen LogP contribution in [-0.2, 0) is 0 Å². The van der Waals surface area contributed by atoms with Crippen LogP contribution in [0.3, 0.4) is 0 Å². The highest BCUT2D eigenvalue weighted by Crippen LogP contribution is 2.40. The van der Waals surface area contributed by atoms with Crippen LogP contribution in [0.2, 0.25) is 0 Å². The molecule has 0 bridgehead atoms. The van der Waals surface area contributed by atoms with Crippen LogP contribution < -0.4 is 5.32 Å². The summed E-state index contributed by atoms with van der Waals surface area (Å²) in [6, 6.07) is 10.4. The maximum absolute atomic E-state index is 12.4. The Hall–Kier alpha value is -2.98. The second-order valence-corrected chi connectivity index (χ2v) is 6.46. The Bertz CT molecular complexity index is 949. The quantitative estimate of drug-likeness (QED) is 0.782. The topological polar surface area (TPSA) is 91.8 Å². The van der Waals surface area contributed by atoms with Crippen LogP contribution in [0.1, 0.15) is 40.5 Å². The smallest absolute Gasteiger partial charge is 0.260 e. The molecule has 1 amide bonds. The predicted molar refractivity (Wildman–Crippen MR) is 88.7 cm³/mol. The zero-order valence-corrected chi connectivity index (χ0v) is 13.3. The molecule has 1 N–H and O–H groups in total. The average molecular weight is 336 g/mol. The third-order valence-electron chi connectivity index (χ3n) is 3.76. The van der Waals surface area contributed by atoms with E-state index in [0.717, 1.165) is 18.7 Å². The number of nitriles is 1. The van der Waals surface area contributed by atoms with Gasteiger partial charge in [0.2, 0.25) is 0 Å². The highest BCUT2D eigenvalue weighted by atomic mass is 32.1. The molecular weight excluding hydrogens is 324 g/mol. The number of carbonyl (C=O) groups excluding carboxylic acids is 1. The lowest BCUT2D eigenvalue weighted by atomic mass is 10.1. The fourth-order valence-electron chi connectivity index (χ4n) is 2.33. The molecule has 4 rings (SSSR count). The molecule has 0 atom stereocenters. The number of anilines is 1. The van der Waals surface area contributed by atoms with Gasteiger partial charge in [-0.2, -0.15) is 10.2 Å². The van der Waals surface area contributed by atoms with Crippen LogP contribution in [0, 0.1) is 11.3 Å². The lowest BCUT2D eigenvalue weighted by Gasteiger charge is -2.04. The van der Waals surface area contributed by atoms with E-state index in [1.54, 1.807) is 24.3 Å². The molecule has 0 aliphatic heterocycles. The molecule has 1 saturated carbocycles. The first-order valence-corrected chi connectivity index (χ1v) is 8.35. The molecule has 1 aliphatic rings. The van der Waals surface area contributed by atoms with Gasteiger partial charge < -0.3 is 9.84 Å². The third kappa shape index (κ3) is 2.79. The van der Waals surface area contributed by atoms with Crippen molar-refractivity contribution in [3.05, 3.63) is 52.7 Å². The second kappa shape index (κ2) is 5.91. The molecule has 1 aliphatic carbocycles. The lowest BCUT2D eigenvalue weighted by Crippen LogP contribution is -2.11. The van der Waals surface area contributed by atoms with Crippen LogP contribution in [0.15, 0.2) is 40.2 Å². The van der Waals surface area contributed by atoms with Crippen LogP contribution in [0.4, 0.5) is 5.00 Å². The number of hydrogen-bond donors (Lipinski definition) is 1. The lowest BCUT2D eigenvalue weighted by molar-refractivity contribution is 0.102. The largest absolute Gasteiger partial charge is 0.334 e. The number of nitrogens with one attached hydrogen (secondary N) is 1. The van der Waals surface area contributed by atoms with Crippen molar-refractivity contribution in [2.45, 2.75) is 18.8 Å². The molecule has 6 nitrogen and oxygen atoms in total. The van der Waals surface area contributed by atoms with Gasteiger partial charge in [-0.25, -0.2) is 0 Å². The van der Waals surface area contributed by atoms with E-state index in [1.807, 2.05) is 17.5 Å². The zero-order chi connectivity index (χ0) is 16.5. The summed E-state index contributed by atoms with van der Waals surface area (Å²) in [5.74, 6) is 1.28. The van der Waals surface area contributed by atoms with Gasteiger partial charge in [-0.15, -0.1) is 11.3 Å². The van der Waals surface area contributed by atoms with Crippen LogP contribution in [-0.4, -0.2) is 16.0 Å². The van der Waals surface area contributed by atoms with Crippen molar-refractivity contribution >= 4 is 22.2 Å². The number of hydrogen-bond acceptors (Lipinski definition) is 6. The molecule has 1 aromatic carbocycles. The highest BCUT2D eigenvalue weighted by Gasteiger charge is 2.29. The second-order valence-electron chi connectivity index (χ2n) is 5.54. The number of amides is 1. The summed E-state index contributed by atoms with van der Waals surface area (Å²) in [5, 5.41) is 18.3. The van der Waals surface area contributed by atoms with Gasteiger partial charge >= 0.3 is 0 Å². The number of thiophene rings is 1. The fourth-order valence-corrected chi connectivity index (χ4v) is 3.11. The van der Waals surface area contributed by atoms with Gasteiger partial charge in [-0.3, -0.25) is 4.79 Å². The first-order chi connectivity index (χ1) is 11.7. The maximum Gasteiger partial charge on any atom is 0.260 e. The van der Waals surface area contributed by atoms with Gasteiger partial charge in [0.05, 0.1) is 17.2 Å². The monoisotopic (exact) mass is 336 g/mol. The van der Waals surface area contributed by atoms with Crippen LogP contribution >= 0.6 is 11.3 Å². The Labute approximate surface area is 141 Å². The highest BCUT2D eigenvalue weighted by molar-refractivity contribution is 7.15. The van der Waals surface area contributed by atoms with Crippen molar-refractivity contribution in [1.82, 2.24) is 10.1 Å². The minimum absolute atomic E-state index is 0.280. The Kier molecular flexibility index (Phi) is 3.59. The summed E-state index contributed by atoms with van der Waals surface area (Å²) in [5.41, 5.74) is 1.59. The number of rotatable bonds is 4. The SMILES string of the molecule is N#Cc1cccc(C(=O)Nc2sccc2-c2nc(C3CC3)no2)c1. The minimum atomic E-state index is -0.280. The van der Waals surface area contributed by atoms with E-state index in [9.17, 15) is 4.79 Å². The Morgan fingerprint density at radius 1 is 1.38 bits per heavy atom. The molecule has 3 aromatic rings. The summed E-state index contributed by atoms with van der Waals surface area (Å²) < 4.78 is 5.33. The number of carbonyl (C=O) groups is 1. The van der Waals surface area contributed by atoms with Gasteiger partial charge in [0.15, 0.2) is 5.82 Å². The molecule has 1 fully saturated rings. The van der Waals surface area contributed by atoms with E-state index >= 15 is 0 Å². The third-order valence-corrected chi connectivity index (χ3v) is 4.59. The molecule has 2 heterocycles. The Balaban J connectivity index is 1.57. The summed E-state index contributed by atoms with van der Waals surface area (Å²) in [4.78, 5) is 16.8. The molecule has 0 unspecified atom stereocenters. The summed E-state index contributed by atoms with van der Waals surface area (Å²) in [6.45, 7) is 0. The normalized spacial score (nSPS) is 13.5. The van der Waals surface area contributed by atoms with Gasteiger partial charge in [0.1, 0.15) is 5.00 Å². The molecular formula is C17H12N4O2S. The van der Waals surface area contributed by atoms with E-state index in [2.05, 4.69) is 15.5 Å². The van der Waals surface area contributed by atoms with Gasteiger partial charge in [-0.05, 0) is 42.5 Å². The Morgan fingerprint density at radius 2 is 2.25 bits per heavy atom. The summed E-state index contributed by atoms with van der Waals surface area (Å²) >= 11 is 1.39. The van der Waals surface area contributed by atoms with Crippen molar-refractivity contribution in [3.63, 3.8) is 0 Å². The number of benzene rings is 1. The molecule has 2 aromatic heterocycles. The zero-order valence-electron chi connectivity index (χ0n) is 12.5. The van der Waals surface area contributed by atoms with E-state index in [-0.39, 0.29) is 5.91 Å². The summed E-state index contributed by atoms with van der Waals surface area (Å²) in [6.07, 6.45) is 2.20. The van der Waals surface area contributed by atoms with Gasteiger partial charge in [-0.1, -0.05) is 11.2 Å². The van der Waals surface area contributed by atoms with E-state index in [0.29, 0.717) is 33.5 Å². The van der Waals surface area contributed by atoms with Crippen molar-refractivity contribution in [2.75, 3.05) is 5.32 Å². The van der Waals surface area contributed by atoms with Crippen molar-refractivity contribution in [1.29, 1.82) is 5.26 Å². The number of aromatic nitrogens is 2. The van der Waals surface area contributed by atoms with Crippen molar-refractivity contribution in [2.24, 2.45) is 0 Å². The minimum Gasteiger partial charge on any atom is -0.334 e. The summed E-state index contributed by atoms with van der Waals surface area (Å²) in [7, 11) is 0. The molecule has 24 heavy (non-hydrogen) atoms. The first-order valence-electron chi connectivity index (χ1n) is 7.47. The first kappa shape index (κ1) is 14.6. The maximum atomic E-state index is 12.4. The molecule has 0 saturated heterocycles. The van der Waals surface area contributed by atoms with E-state index in [4.69, 9.17) is 9.78 Å². The molecule has 7 heteroatoms. The molecule has 0 spiro atoms. The van der Waals surface area contributed by atoms with E-state index in [1.165, 1.54) is 11.3 Å².